The summed E-state index contributed by atoms with van der Waals surface area (Å²) in [5.74, 6) is 1.64. The third kappa shape index (κ3) is 6.99. The predicted octanol–water partition coefficient (Wildman–Crippen LogP) is 0.0740. The minimum absolute atomic E-state index is 0.0184. The number of carbonyl (C=O) groups is 1. The lowest BCUT2D eigenvalue weighted by molar-refractivity contribution is -0.135. The average Bonchev–Trinajstić information content (AvgIpc) is 1.87. The van der Waals surface area contributed by atoms with Crippen LogP contribution in [0.1, 0.15) is 12.8 Å². The highest BCUT2D eigenvalue weighted by atomic mass is 16.4. The lowest BCUT2D eigenvalue weighted by atomic mass is 10.3. The molecule has 0 bridgehead atoms. The van der Waals surface area contributed by atoms with Crippen LogP contribution in [-0.2, 0) is 4.79 Å². The van der Waals surface area contributed by atoms with Crippen molar-refractivity contribution in [3.63, 3.8) is 0 Å². The maximum atomic E-state index is 9.93. The van der Waals surface area contributed by atoms with Crippen LogP contribution in [-0.4, -0.2) is 24.2 Å². The highest BCUT2D eigenvalue weighted by molar-refractivity contribution is 5.68. The number of rotatable bonds is 5. The number of hydrogen-bond acceptors (Lipinski definition) is 2. The van der Waals surface area contributed by atoms with Crippen molar-refractivity contribution in [3.05, 3.63) is 0 Å². The summed E-state index contributed by atoms with van der Waals surface area (Å²) in [4.78, 5) is 9.93. The van der Waals surface area contributed by atoms with Crippen LogP contribution < -0.4 is 5.32 Å². The molecule has 0 rings (SSSR count). The van der Waals surface area contributed by atoms with Gasteiger partial charge in [0.2, 0.25) is 0 Å². The van der Waals surface area contributed by atoms with Crippen molar-refractivity contribution < 1.29 is 9.90 Å². The van der Waals surface area contributed by atoms with E-state index in [1.54, 1.807) is 0 Å². The van der Waals surface area contributed by atoms with Gasteiger partial charge in [-0.2, -0.15) is 0 Å². The molecule has 0 spiro atoms. The van der Waals surface area contributed by atoms with E-state index in [0.717, 1.165) is 6.42 Å². The molecule has 10 heavy (non-hydrogen) atoms. The first-order valence-corrected chi connectivity index (χ1v) is 3.13. The fraction of sp³-hybridized carbons (Fsp3) is 0.571. The molecule has 0 saturated carbocycles. The van der Waals surface area contributed by atoms with Crippen LogP contribution in [0.4, 0.5) is 0 Å². The van der Waals surface area contributed by atoms with Crippen molar-refractivity contribution in [1.82, 2.24) is 5.32 Å². The summed E-state index contributed by atoms with van der Waals surface area (Å²) < 4.78 is 0. The topological polar surface area (TPSA) is 49.3 Å². The highest BCUT2D eigenvalue weighted by Gasteiger charge is 1.92. The van der Waals surface area contributed by atoms with Crippen molar-refractivity contribution >= 4 is 5.97 Å². The van der Waals surface area contributed by atoms with Gasteiger partial charge in [0.1, 0.15) is 0 Å². The summed E-state index contributed by atoms with van der Waals surface area (Å²) in [7, 11) is 0. The first-order valence-electron chi connectivity index (χ1n) is 3.13. The van der Waals surface area contributed by atoms with E-state index in [1.165, 1.54) is 0 Å². The lowest BCUT2D eigenvalue weighted by Crippen LogP contribution is -2.23. The Morgan fingerprint density at radius 1 is 1.70 bits per heavy atom. The van der Waals surface area contributed by atoms with Crippen molar-refractivity contribution in [2.24, 2.45) is 0 Å². The fourth-order valence-electron chi connectivity index (χ4n) is 0.511. The van der Waals surface area contributed by atoms with E-state index >= 15 is 0 Å². The van der Waals surface area contributed by atoms with Gasteiger partial charge in [-0.3, -0.25) is 4.79 Å². The van der Waals surface area contributed by atoms with Crippen LogP contribution >= 0.6 is 0 Å². The van der Waals surface area contributed by atoms with Crippen molar-refractivity contribution in [3.8, 4) is 12.3 Å². The number of carboxylic acids is 1. The molecule has 0 aromatic rings. The second kappa shape index (κ2) is 6.12. The second-order valence-corrected chi connectivity index (χ2v) is 1.88. The summed E-state index contributed by atoms with van der Waals surface area (Å²) in [6, 6.07) is 0. The van der Waals surface area contributed by atoms with Crippen LogP contribution in [0.15, 0.2) is 0 Å². The van der Waals surface area contributed by atoms with Gasteiger partial charge in [0, 0.05) is 6.42 Å². The Bertz CT molecular complexity index is 137. The Hall–Kier alpha value is -1.01. The van der Waals surface area contributed by atoms with Crippen LogP contribution in [0.25, 0.3) is 0 Å². The molecule has 2 N–H and O–H groups in total. The Morgan fingerprint density at radius 3 is 2.90 bits per heavy atom. The van der Waals surface area contributed by atoms with Crippen molar-refractivity contribution in [2.75, 3.05) is 13.1 Å². The molecular formula is C7H11NO2. The Balaban J connectivity index is 2.92. The normalized spacial score (nSPS) is 8.70. The number of terminal acetylenes is 1. The van der Waals surface area contributed by atoms with Gasteiger partial charge in [0.15, 0.2) is 0 Å². The van der Waals surface area contributed by atoms with Crippen LogP contribution in [0.3, 0.4) is 0 Å². The Kier molecular flexibility index (Phi) is 5.50. The van der Waals surface area contributed by atoms with Gasteiger partial charge in [-0.25, -0.2) is 0 Å². The third-order valence-electron chi connectivity index (χ3n) is 0.951. The van der Waals surface area contributed by atoms with Crippen LogP contribution in [0, 0.1) is 12.3 Å². The number of hydrogen-bond donors (Lipinski definition) is 2. The Labute approximate surface area is 60.4 Å². The minimum Gasteiger partial charge on any atom is -0.480 e. The highest BCUT2D eigenvalue weighted by Crippen LogP contribution is 1.81. The molecule has 0 atom stereocenters. The van der Waals surface area contributed by atoms with E-state index in [1.807, 2.05) is 0 Å². The first-order chi connectivity index (χ1) is 4.77. The molecule has 0 aliphatic rings. The molecule has 0 unspecified atom stereocenters. The summed E-state index contributed by atoms with van der Waals surface area (Å²) in [5.41, 5.74) is 0. The van der Waals surface area contributed by atoms with Gasteiger partial charge in [0.25, 0.3) is 0 Å². The van der Waals surface area contributed by atoms with E-state index in [-0.39, 0.29) is 6.54 Å². The zero-order chi connectivity index (χ0) is 7.82. The van der Waals surface area contributed by atoms with Crippen molar-refractivity contribution in [1.29, 1.82) is 0 Å². The van der Waals surface area contributed by atoms with Crippen LogP contribution in [0.5, 0.6) is 0 Å². The number of carboxylic acid groups (broad SMARTS) is 1. The standard InChI is InChI=1S/C7H11NO2/c1-2-3-4-5-8-6-7(9)10/h1,8H,3-6H2,(H,9,10). The number of aliphatic carboxylic acids is 1. The zero-order valence-electron chi connectivity index (χ0n) is 5.76. The first kappa shape index (κ1) is 8.99. The fourth-order valence-corrected chi connectivity index (χ4v) is 0.511. The average molecular weight is 141 g/mol. The smallest absolute Gasteiger partial charge is 0.317 e. The summed E-state index contributed by atoms with van der Waals surface area (Å²) in [5, 5.41) is 10.9. The van der Waals surface area contributed by atoms with E-state index < -0.39 is 5.97 Å². The molecule has 0 aliphatic carbocycles. The molecule has 3 heteroatoms. The molecule has 0 aliphatic heterocycles. The molecule has 0 aromatic carbocycles. The maximum absolute atomic E-state index is 9.93. The molecule has 0 heterocycles. The van der Waals surface area contributed by atoms with Gasteiger partial charge in [-0.1, -0.05) is 0 Å². The number of unbranched alkanes of at least 4 members (excludes halogenated alkanes) is 1. The molecule has 0 saturated heterocycles. The molecule has 0 radical (unpaired) electrons. The van der Waals surface area contributed by atoms with Gasteiger partial charge >= 0.3 is 5.97 Å². The summed E-state index contributed by atoms with van der Waals surface area (Å²) >= 11 is 0. The van der Waals surface area contributed by atoms with Crippen molar-refractivity contribution in [2.45, 2.75) is 12.8 Å². The summed E-state index contributed by atoms with van der Waals surface area (Å²) in [6.07, 6.45) is 6.51. The minimum atomic E-state index is -0.833. The second-order valence-electron chi connectivity index (χ2n) is 1.88. The summed E-state index contributed by atoms with van der Waals surface area (Å²) in [6.45, 7) is 0.696. The maximum Gasteiger partial charge on any atom is 0.317 e. The molecular weight excluding hydrogens is 130 g/mol. The monoisotopic (exact) mass is 141 g/mol. The molecule has 0 fully saturated rings. The lowest BCUT2D eigenvalue weighted by Gasteiger charge is -1.96. The van der Waals surface area contributed by atoms with Gasteiger partial charge in [-0.15, -0.1) is 12.3 Å². The van der Waals surface area contributed by atoms with Crippen LogP contribution in [0.2, 0.25) is 0 Å². The van der Waals surface area contributed by atoms with E-state index in [9.17, 15) is 4.79 Å². The molecule has 0 aromatic heterocycles. The van der Waals surface area contributed by atoms with Gasteiger partial charge in [0.05, 0.1) is 6.54 Å². The zero-order valence-corrected chi connectivity index (χ0v) is 5.76. The largest absolute Gasteiger partial charge is 0.480 e. The third-order valence-corrected chi connectivity index (χ3v) is 0.951. The predicted molar refractivity (Wildman–Crippen MR) is 38.6 cm³/mol. The van der Waals surface area contributed by atoms with E-state index in [0.29, 0.717) is 13.0 Å². The van der Waals surface area contributed by atoms with Gasteiger partial charge in [-0.05, 0) is 13.0 Å². The molecule has 0 amide bonds. The molecule has 3 nitrogen and oxygen atoms in total. The SMILES string of the molecule is C#CCCCNCC(=O)O. The van der Waals surface area contributed by atoms with E-state index in [4.69, 9.17) is 11.5 Å². The van der Waals surface area contributed by atoms with Gasteiger partial charge < -0.3 is 10.4 Å². The quantitative estimate of drug-likeness (QED) is 0.421. The molecule has 56 valence electrons. The van der Waals surface area contributed by atoms with E-state index in [2.05, 4.69) is 11.2 Å². The Morgan fingerprint density at radius 2 is 2.40 bits per heavy atom. The number of nitrogens with one attached hydrogen (secondary N) is 1.